The van der Waals surface area contributed by atoms with Gasteiger partial charge in [0.2, 0.25) is 0 Å². The second-order valence-electron chi connectivity index (χ2n) is 7.22. The highest BCUT2D eigenvalue weighted by Gasteiger charge is 2.28. The topological polar surface area (TPSA) is 80.0 Å². The third-order valence-corrected chi connectivity index (χ3v) is 5.58. The van der Waals surface area contributed by atoms with Gasteiger partial charge in [-0.05, 0) is 36.4 Å². The van der Waals surface area contributed by atoms with Gasteiger partial charge in [0.25, 0.3) is 5.91 Å². The lowest BCUT2D eigenvalue weighted by atomic mass is 10.1. The Kier molecular flexibility index (Phi) is 5.14. The third kappa shape index (κ3) is 3.52. The Morgan fingerprint density at radius 1 is 0.938 bits per heavy atom. The molecule has 162 valence electrons. The minimum absolute atomic E-state index is 0.281. The van der Waals surface area contributed by atoms with Crippen molar-refractivity contribution < 1.29 is 13.6 Å². The molecule has 11 heteroatoms. The van der Waals surface area contributed by atoms with Crippen LogP contribution in [0.5, 0.6) is 0 Å². The highest BCUT2D eigenvalue weighted by Crippen LogP contribution is 2.25. The largest absolute Gasteiger partial charge is 0.351 e. The van der Waals surface area contributed by atoms with Crippen LogP contribution in [0.3, 0.4) is 0 Å². The second-order valence-corrected chi connectivity index (χ2v) is 7.66. The molecule has 1 saturated heterocycles. The summed E-state index contributed by atoms with van der Waals surface area (Å²) in [5.74, 6) is -1.82. The number of aromatic nitrogens is 5. The van der Waals surface area contributed by atoms with Gasteiger partial charge in [0.1, 0.15) is 23.5 Å². The van der Waals surface area contributed by atoms with Gasteiger partial charge in [0.05, 0.1) is 5.69 Å². The molecule has 2 aromatic heterocycles. The van der Waals surface area contributed by atoms with Crippen molar-refractivity contribution in [1.82, 2.24) is 29.9 Å². The average Bonchev–Trinajstić information content (AvgIpc) is 3.24. The van der Waals surface area contributed by atoms with E-state index in [1.54, 1.807) is 16.8 Å². The molecule has 5 rings (SSSR count). The highest BCUT2D eigenvalue weighted by atomic mass is 35.5. The summed E-state index contributed by atoms with van der Waals surface area (Å²) in [5, 5.41) is 9.06. The maximum absolute atomic E-state index is 14.0. The normalized spacial score (nSPS) is 14.2. The molecule has 0 bridgehead atoms. The van der Waals surface area contributed by atoms with Gasteiger partial charge in [-0.3, -0.25) is 4.79 Å². The average molecular weight is 456 g/mol. The fourth-order valence-corrected chi connectivity index (χ4v) is 3.83. The monoisotopic (exact) mass is 455 g/mol. The van der Waals surface area contributed by atoms with Gasteiger partial charge in [-0.25, -0.2) is 18.7 Å². The van der Waals surface area contributed by atoms with Crippen molar-refractivity contribution in [2.75, 3.05) is 31.1 Å². The van der Waals surface area contributed by atoms with E-state index < -0.39 is 23.1 Å². The first kappa shape index (κ1) is 20.3. The van der Waals surface area contributed by atoms with E-state index in [1.807, 2.05) is 17.0 Å². The standard InChI is InChI=1S/C21H16ClF2N7O/c22-13-4-6-14(7-5-13)31-20-18(27-28-31)19(25-12-26-20)29-8-10-30(11-9-29)21(32)17-15(23)2-1-3-16(17)24/h1-7,12H,8-11H2. The number of rotatable bonds is 3. The summed E-state index contributed by atoms with van der Waals surface area (Å²) in [4.78, 5) is 24.7. The number of carbonyl (C=O) groups excluding carboxylic acids is 1. The molecule has 8 nitrogen and oxygen atoms in total. The summed E-state index contributed by atoms with van der Waals surface area (Å²) < 4.78 is 29.6. The first-order valence-corrected chi connectivity index (χ1v) is 10.2. The predicted molar refractivity (Wildman–Crippen MR) is 114 cm³/mol. The number of fused-ring (bicyclic) bond motifs is 1. The molecule has 0 unspecified atom stereocenters. The summed E-state index contributed by atoms with van der Waals surface area (Å²) in [7, 11) is 0. The molecule has 3 heterocycles. The van der Waals surface area contributed by atoms with E-state index in [4.69, 9.17) is 11.6 Å². The lowest BCUT2D eigenvalue weighted by Crippen LogP contribution is -2.49. The first-order chi connectivity index (χ1) is 15.5. The van der Waals surface area contributed by atoms with Gasteiger partial charge in [0.15, 0.2) is 17.0 Å². The molecule has 0 spiro atoms. The lowest BCUT2D eigenvalue weighted by Gasteiger charge is -2.35. The van der Waals surface area contributed by atoms with Crippen LogP contribution in [0.2, 0.25) is 5.02 Å². The van der Waals surface area contributed by atoms with Crippen LogP contribution in [0.4, 0.5) is 14.6 Å². The van der Waals surface area contributed by atoms with Gasteiger partial charge < -0.3 is 9.80 Å². The van der Waals surface area contributed by atoms with Gasteiger partial charge in [-0.15, -0.1) is 5.10 Å². The van der Waals surface area contributed by atoms with Crippen molar-refractivity contribution >= 4 is 34.5 Å². The summed E-state index contributed by atoms with van der Waals surface area (Å²) in [6.45, 7) is 1.40. The van der Waals surface area contributed by atoms with Crippen LogP contribution in [-0.4, -0.2) is 61.9 Å². The summed E-state index contributed by atoms with van der Waals surface area (Å²) in [6, 6.07) is 10.5. The Labute approximate surface area is 186 Å². The van der Waals surface area contributed by atoms with Gasteiger partial charge >= 0.3 is 0 Å². The molecule has 1 fully saturated rings. The molecule has 2 aromatic carbocycles. The maximum Gasteiger partial charge on any atom is 0.259 e. The lowest BCUT2D eigenvalue weighted by molar-refractivity contribution is 0.0736. The molecule has 1 aliphatic heterocycles. The van der Waals surface area contributed by atoms with E-state index in [2.05, 4.69) is 20.3 Å². The first-order valence-electron chi connectivity index (χ1n) is 9.83. The van der Waals surface area contributed by atoms with E-state index in [0.717, 1.165) is 17.8 Å². The predicted octanol–water partition coefficient (Wildman–Crippen LogP) is 3.10. The third-order valence-electron chi connectivity index (χ3n) is 5.33. The molecule has 0 radical (unpaired) electrons. The fraction of sp³-hybridized carbons (Fsp3) is 0.190. The Morgan fingerprint density at radius 3 is 2.31 bits per heavy atom. The van der Waals surface area contributed by atoms with Crippen LogP contribution >= 0.6 is 11.6 Å². The SMILES string of the molecule is O=C(c1c(F)cccc1F)N1CCN(c2ncnc3c2nnn3-c2ccc(Cl)cc2)CC1. The zero-order chi connectivity index (χ0) is 22.2. The number of anilines is 1. The van der Waals surface area contributed by atoms with Crippen LogP contribution in [-0.2, 0) is 0 Å². The number of nitrogens with zero attached hydrogens (tertiary/aromatic N) is 7. The van der Waals surface area contributed by atoms with Crippen LogP contribution in [0.15, 0.2) is 48.8 Å². The Hall–Kier alpha value is -3.66. The Morgan fingerprint density at radius 2 is 1.62 bits per heavy atom. The van der Waals surface area contributed by atoms with Crippen LogP contribution in [0, 0.1) is 11.6 Å². The maximum atomic E-state index is 14.0. The van der Waals surface area contributed by atoms with Gasteiger partial charge in [0, 0.05) is 31.2 Å². The zero-order valence-electron chi connectivity index (χ0n) is 16.6. The van der Waals surface area contributed by atoms with Crippen molar-refractivity contribution in [3.05, 3.63) is 71.0 Å². The summed E-state index contributed by atoms with van der Waals surface area (Å²) in [5.41, 5.74) is 1.27. The van der Waals surface area contributed by atoms with Crippen molar-refractivity contribution in [3.8, 4) is 5.69 Å². The number of hydrogen-bond acceptors (Lipinski definition) is 6. The molecule has 0 aliphatic carbocycles. The summed E-state index contributed by atoms with van der Waals surface area (Å²) >= 11 is 5.96. The number of hydrogen-bond donors (Lipinski definition) is 0. The molecular weight excluding hydrogens is 440 g/mol. The molecule has 0 atom stereocenters. The van der Waals surface area contributed by atoms with E-state index in [0.29, 0.717) is 35.1 Å². The fourth-order valence-electron chi connectivity index (χ4n) is 3.71. The minimum atomic E-state index is -0.867. The van der Waals surface area contributed by atoms with Crippen molar-refractivity contribution in [2.24, 2.45) is 0 Å². The van der Waals surface area contributed by atoms with Crippen molar-refractivity contribution in [3.63, 3.8) is 0 Å². The molecule has 1 aliphatic rings. The van der Waals surface area contributed by atoms with E-state index in [9.17, 15) is 13.6 Å². The second kappa shape index (κ2) is 8.12. The van der Waals surface area contributed by atoms with Gasteiger partial charge in [-0.2, -0.15) is 4.68 Å². The van der Waals surface area contributed by atoms with E-state index in [1.165, 1.54) is 17.3 Å². The highest BCUT2D eigenvalue weighted by molar-refractivity contribution is 6.30. The van der Waals surface area contributed by atoms with E-state index in [-0.39, 0.29) is 13.1 Å². The number of halogens is 3. The van der Waals surface area contributed by atoms with E-state index >= 15 is 0 Å². The Bertz CT molecular complexity index is 1280. The number of piperazine rings is 1. The summed E-state index contributed by atoms with van der Waals surface area (Å²) in [6.07, 6.45) is 1.43. The number of amides is 1. The molecule has 32 heavy (non-hydrogen) atoms. The molecule has 4 aromatic rings. The van der Waals surface area contributed by atoms with Crippen molar-refractivity contribution in [2.45, 2.75) is 0 Å². The molecule has 0 N–H and O–H groups in total. The number of carbonyl (C=O) groups is 1. The zero-order valence-corrected chi connectivity index (χ0v) is 17.4. The molecule has 0 saturated carbocycles. The van der Waals surface area contributed by atoms with Crippen LogP contribution in [0.1, 0.15) is 10.4 Å². The van der Waals surface area contributed by atoms with Crippen LogP contribution < -0.4 is 4.90 Å². The van der Waals surface area contributed by atoms with Crippen molar-refractivity contribution in [1.29, 1.82) is 0 Å². The molecule has 1 amide bonds. The smallest absolute Gasteiger partial charge is 0.259 e. The molecular formula is C21H16ClF2N7O. The van der Waals surface area contributed by atoms with Gasteiger partial charge in [-0.1, -0.05) is 22.9 Å². The quantitative estimate of drug-likeness (QED) is 0.472. The Balaban J connectivity index is 1.37. The van der Waals surface area contributed by atoms with Crippen LogP contribution in [0.25, 0.3) is 16.9 Å². The minimum Gasteiger partial charge on any atom is -0.351 e. The number of benzene rings is 2.